The summed E-state index contributed by atoms with van der Waals surface area (Å²) in [5.74, 6) is -0.186. The summed E-state index contributed by atoms with van der Waals surface area (Å²) in [6, 6.07) is 5.50. The van der Waals surface area contributed by atoms with Crippen molar-refractivity contribution >= 4 is 40.0 Å². The van der Waals surface area contributed by atoms with Crippen LogP contribution in [0.15, 0.2) is 35.1 Å². The highest BCUT2D eigenvalue weighted by Gasteiger charge is 2.63. The van der Waals surface area contributed by atoms with Gasteiger partial charge in [-0.3, -0.25) is 9.59 Å². The third-order valence-electron chi connectivity index (χ3n) is 9.35. The molecule has 11 nitrogen and oxygen atoms in total. The maximum absolute atomic E-state index is 14.1. The van der Waals surface area contributed by atoms with E-state index in [9.17, 15) is 27.9 Å². The average Bonchev–Trinajstić information content (AvgIpc) is 3.26. The van der Waals surface area contributed by atoms with Gasteiger partial charge in [-0.2, -0.15) is 10.1 Å². The van der Waals surface area contributed by atoms with Gasteiger partial charge in [0.1, 0.15) is 5.60 Å². The molecule has 2 saturated carbocycles. The fourth-order valence-corrected chi connectivity index (χ4v) is 7.63. The van der Waals surface area contributed by atoms with E-state index in [-0.39, 0.29) is 42.9 Å². The van der Waals surface area contributed by atoms with Crippen LogP contribution in [-0.2, 0) is 4.79 Å². The number of aromatic nitrogens is 4. The lowest BCUT2D eigenvalue weighted by Gasteiger charge is -2.62. The van der Waals surface area contributed by atoms with Crippen molar-refractivity contribution in [1.82, 2.24) is 24.7 Å². The Hall–Kier alpha value is -3.98. The lowest BCUT2D eigenvalue weighted by molar-refractivity contribution is -0.209. The zero-order chi connectivity index (χ0) is 30.6. The predicted octanol–water partition coefficient (Wildman–Crippen LogP) is 4.03. The van der Waals surface area contributed by atoms with Gasteiger partial charge in [0, 0.05) is 48.4 Å². The highest BCUT2D eigenvalue weighted by atomic mass is 32.1. The molecular formula is C29H28F3N7O4S. The van der Waals surface area contributed by atoms with E-state index in [1.54, 1.807) is 16.8 Å². The summed E-state index contributed by atoms with van der Waals surface area (Å²) in [6.07, 6.45) is 1.25. The summed E-state index contributed by atoms with van der Waals surface area (Å²) in [4.78, 5) is 35.1. The molecular weight excluding hydrogens is 599 g/mol. The SMILES string of the molecule is Cc1sc(-c2noc(C3CN(C(=O)C4(F)CC4)C3)n2)cc1NC(=O)c1cnn2ccc(N3CC4(C3)CC(O)(C(F)F)C4)cc12. The van der Waals surface area contributed by atoms with Crippen molar-refractivity contribution in [3.63, 3.8) is 0 Å². The lowest BCUT2D eigenvalue weighted by Crippen LogP contribution is -2.70. The number of alkyl halides is 3. The van der Waals surface area contributed by atoms with Crippen molar-refractivity contribution in [1.29, 1.82) is 0 Å². The van der Waals surface area contributed by atoms with Gasteiger partial charge in [0.05, 0.1) is 33.8 Å². The summed E-state index contributed by atoms with van der Waals surface area (Å²) in [7, 11) is 0. The molecule has 0 bridgehead atoms. The molecule has 44 heavy (non-hydrogen) atoms. The number of fused-ring (bicyclic) bond motifs is 1. The van der Waals surface area contributed by atoms with Crippen LogP contribution in [0.3, 0.4) is 0 Å². The Bertz CT molecular complexity index is 1810. The van der Waals surface area contributed by atoms with E-state index < -0.39 is 23.6 Å². The molecule has 230 valence electrons. The molecule has 2 N–H and O–H groups in total. The van der Waals surface area contributed by atoms with Crippen molar-refractivity contribution < 1.29 is 32.4 Å². The molecule has 6 heterocycles. The van der Waals surface area contributed by atoms with Gasteiger partial charge >= 0.3 is 0 Å². The number of halogens is 3. The van der Waals surface area contributed by atoms with Crippen LogP contribution in [0.25, 0.3) is 16.2 Å². The Kier molecular flexibility index (Phi) is 5.80. The van der Waals surface area contributed by atoms with Crippen LogP contribution in [-0.4, -0.2) is 85.4 Å². The lowest BCUT2D eigenvalue weighted by atomic mass is 9.55. The Morgan fingerprint density at radius 2 is 1.95 bits per heavy atom. The molecule has 1 spiro atoms. The normalized spacial score (nSPS) is 21.3. The second-order valence-corrected chi connectivity index (χ2v) is 14.0. The van der Waals surface area contributed by atoms with Crippen molar-refractivity contribution in [2.24, 2.45) is 5.41 Å². The molecule has 2 aliphatic carbocycles. The van der Waals surface area contributed by atoms with Gasteiger partial charge in [0.25, 0.3) is 18.2 Å². The standard InChI is InChI=1S/C29H28F3N7O4S/c1-15-19(7-21(44-15)22-35-24(43-36-22)16-9-37(10-16)26(41)28(32)3-4-28)34-23(40)18-8-33-39-5-2-17(6-20(18)39)38-13-27(14-38)11-29(42,12-27)25(30)31/h2,5-8,16,25,42H,3-4,9-14H2,1H3,(H,34,40). The van der Waals surface area contributed by atoms with Gasteiger partial charge in [0.15, 0.2) is 5.67 Å². The van der Waals surface area contributed by atoms with Gasteiger partial charge in [-0.05, 0) is 50.8 Å². The Labute approximate surface area is 252 Å². The highest BCUT2D eigenvalue weighted by Crippen LogP contribution is 2.57. The minimum absolute atomic E-state index is 0.0884. The van der Waals surface area contributed by atoms with Crippen LogP contribution < -0.4 is 10.2 Å². The molecule has 15 heteroatoms. The first kappa shape index (κ1) is 27.6. The second-order valence-electron chi connectivity index (χ2n) is 12.8. The third-order valence-corrected chi connectivity index (χ3v) is 10.4. The number of hydrogen-bond donors (Lipinski definition) is 2. The van der Waals surface area contributed by atoms with Crippen LogP contribution in [0.2, 0.25) is 0 Å². The highest BCUT2D eigenvalue weighted by molar-refractivity contribution is 7.16. The van der Waals surface area contributed by atoms with Crippen molar-refractivity contribution in [2.45, 2.75) is 56.2 Å². The monoisotopic (exact) mass is 627 g/mol. The molecule has 4 aliphatic rings. The number of carbonyl (C=O) groups is 2. The van der Waals surface area contributed by atoms with Gasteiger partial charge in [-0.25, -0.2) is 17.7 Å². The molecule has 4 fully saturated rings. The number of aryl methyl sites for hydroxylation is 1. The first-order valence-electron chi connectivity index (χ1n) is 14.4. The van der Waals surface area contributed by atoms with Crippen molar-refractivity contribution in [3.05, 3.63) is 46.9 Å². The van der Waals surface area contributed by atoms with E-state index in [1.807, 2.05) is 19.1 Å². The van der Waals surface area contributed by atoms with Gasteiger partial charge in [0.2, 0.25) is 11.7 Å². The van der Waals surface area contributed by atoms with Crippen LogP contribution in [0.5, 0.6) is 0 Å². The molecule has 2 amide bonds. The number of rotatable bonds is 7. The van der Waals surface area contributed by atoms with Gasteiger partial charge < -0.3 is 24.7 Å². The molecule has 0 atom stereocenters. The summed E-state index contributed by atoms with van der Waals surface area (Å²) in [6.45, 7) is 3.70. The maximum Gasteiger partial charge on any atom is 0.266 e. The van der Waals surface area contributed by atoms with Crippen LogP contribution in [0.1, 0.15) is 52.7 Å². The minimum Gasteiger partial charge on any atom is -0.384 e. The number of likely N-dealkylation sites (tertiary alicyclic amines) is 1. The predicted molar refractivity (Wildman–Crippen MR) is 153 cm³/mol. The maximum atomic E-state index is 14.1. The summed E-state index contributed by atoms with van der Waals surface area (Å²) in [5.41, 5.74) is -1.44. The van der Waals surface area contributed by atoms with E-state index in [1.165, 1.54) is 22.4 Å². The molecule has 2 saturated heterocycles. The number of amides is 2. The minimum atomic E-state index is -2.74. The molecule has 0 radical (unpaired) electrons. The van der Waals surface area contributed by atoms with E-state index in [0.717, 1.165) is 10.6 Å². The number of nitrogens with one attached hydrogen (secondary N) is 1. The Morgan fingerprint density at radius 3 is 2.66 bits per heavy atom. The number of aliphatic hydroxyl groups is 1. The van der Waals surface area contributed by atoms with Crippen molar-refractivity contribution in [2.75, 3.05) is 36.4 Å². The zero-order valence-electron chi connectivity index (χ0n) is 23.6. The molecule has 8 rings (SSSR count). The van der Waals surface area contributed by atoms with E-state index >= 15 is 0 Å². The van der Waals surface area contributed by atoms with Gasteiger partial charge in [-0.15, -0.1) is 11.3 Å². The van der Waals surface area contributed by atoms with E-state index in [0.29, 0.717) is 59.5 Å². The number of carbonyl (C=O) groups excluding carboxylic acids is 2. The van der Waals surface area contributed by atoms with Crippen LogP contribution >= 0.6 is 11.3 Å². The smallest absolute Gasteiger partial charge is 0.266 e. The topological polar surface area (TPSA) is 129 Å². The fourth-order valence-electron chi connectivity index (χ4n) is 6.73. The molecule has 4 aromatic rings. The first-order chi connectivity index (χ1) is 20.9. The van der Waals surface area contributed by atoms with E-state index in [4.69, 9.17) is 4.52 Å². The molecule has 0 aromatic carbocycles. The summed E-state index contributed by atoms with van der Waals surface area (Å²) < 4.78 is 47.3. The third kappa shape index (κ3) is 4.30. The number of thiophene rings is 1. The first-order valence-corrected chi connectivity index (χ1v) is 15.2. The number of anilines is 2. The van der Waals surface area contributed by atoms with Gasteiger partial charge in [-0.1, -0.05) is 5.16 Å². The quantitative estimate of drug-likeness (QED) is 0.314. The number of hydrogen-bond acceptors (Lipinski definition) is 9. The average molecular weight is 628 g/mol. The molecule has 4 aromatic heterocycles. The summed E-state index contributed by atoms with van der Waals surface area (Å²) in [5, 5.41) is 21.3. The Morgan fingerprint density at radius 1 is 1.20 bits per heavy atom. The van der Waals surface area contributed by atoms with E-state index in [2.05, 4.69) is 25.5 Å². The molecule has 2 aliphatic heterocycles. The second kappa shape index (κ2) is 9.27. The molecule has 0 unspecified atom stereocenters. The zero-order valence-corrected chi connectivity index (χ0v) is 24.4. The van der Waals surface area contributed by atoms with Crippen molar-refractivity contribution in [3.8, 4) is 10.7 Å². The Balaban J connectivity index is 0.929. The fraction of sp³-hybridized carbons (Fsp3) is 0.483. The summed E-state index contributed by atoms with van der Waals surface area (Å²) >= 11 is 1.40. The number of pyridine rings is 1. The largest absolute Gasteiger partial charge is 0.384 e. The number of nitrogens with zero attached hydrogens (tertiary/aromatic N) is 6. The van der Waals surface area contributed by atoms with Crippen LogP contribution in [0.4, 0.5) is 24.5 Å². The van der Waals surface area contributed by atoms with Crippen LogP contribution in [0, 0.1) is 12.3 Å².